The molecule has 1 unspecified atom stereocenters. The molecular weight excluding hydrogens is 260 g/mol. The molecule has 0 bridgehead atoms. The summed E-state index contributed by atoms with van der Waals surface area (Å²) in [6.45, 7) is 3.82. The standard InChI is InChI=1S/C16H17F2NO/c1-9-4-11(5-10(2)16(9)20-3)15(19)12-6-13(17)8-14(18)7-12/h4-8,15H,19H2,1-3H3. The number of hydrogen-bond donors (Lipinski definition) is 1. The van der Waals surface area contributed by atoms with Crippen molar-refractivity contribution in [3.63, 3.8) is 0 Å². The maximum absolute atomic E-state index is 13.3. The molecule has 0 amide bonds. The van der Waals surface area contributed by atoms with Gasteiger partial charge < -0.3 is 10.5 Å². The Morgan fingerprint density at radius 3 is 1.80 bits per heavy atom. The van der Waals surface area contributed by atoms with Crippen molar-refractivity contribution in [2.45, 2.75) is 19.9 Å². The van der Waals surface area contributed by atoms with Gasteiger partial charge in [0, 0.05) is 6.07 Å². The number of hydrogen-bond acceptors (Lipinski definition) is 2. The van der Waals surface area contributed by atoms with Crippen LogP contribution in [0.1, 0.15) is 28.3 Å². The second kappa shape index (κ2) is 5.59. The summed E-state index contributed by atoms with van der Waals surface area (Å²) in [6.07, 6.45) is 0. The van der Waals surface area contributed by atoms with Crippen molar-refractivity contribution in [1.82, 2.24) is 0 Å². The van der Waals surface area contributed by atoms with E-state index in [1.165, 1.54) is 12.1 Å². The van der Waals surface area contributed by atoms with E-state index in [2.05, 4.69) is 0 Å². The Morgan fingerprint density at radius 1 is 0.900 bits per heavy atom. The molecule has 0 saturated carbocycles. The lowest BCUT2D eigenvalue weighted by molar-refractivity contribution is 0.408. The van der Waals surface area contributed by atoms with Crippen molar-refractivity contribution >= 4 is 0 Å². The van der Waals surface area contributed by atoms with E-state index in [1.807, 2.05) is 26.0 Å². The lowest BCUT2D eigenvalue weighted by Gasteiger charge is -2.17. The van der Waals surface area contributed by atoms with Crippen molar-refractivity contribution < 1.29 is 13.5 Å². The molecule has 0 saturated heterocycles. The second-order valence-electron chi connectivity index (χ2n) is 4.87. The Morgan fingerprint density at radius 2 is 1.35 bits per heavy atom. The third kappa shape index (κ3) is 2.80. The molecule has 2 aromatic rings. The molecule has 2 aromatic carbocycles. The largest absolute Gasteiger partial charge is 0.496 e. The topological polar surface area (TPSA) is 35.2 Å². The Balaban J connectivity index is 2.45. The molecule has 0 radical (unpaired) electrons. The Kier molecular flexibility index (Phi) is 4.04. The van der Waals surface area contributed by atoms with Crippen LogP contribution in [0.4, 0.5) is 8.78 Å². The predicted molar refractivity (Wildman–Crippen MR) is 74.9 cm³/mol. The first-order valence-electron chi connectivity index (χ1n) is 6.29. The van der Waals surface area contributed by atoms with Crippen LogP contribution in [0.2, 0.25) is 0 Å². The molecule has 4 heteroatoms. The van der Waals surface area contributed by atoms with Crippen LogP contribution in [-0.4, -0.2) is 7.11 Å². The molecule has 0 fully saturated rings. The fraction of sp³-hybridized carbons (Fsp3) is 0.250. The van der Waals surface area contributed by atoms with Crippen LogP contribution in [0.5, 0.6) is 5.75 Å². The monoisotopic (exact) mass is 277 g/mol. The summed E-state index contributed by atoms with van der Waals surface area (Å²) < 4.78 is 31.8. The average Bonchev–Trinajstić information content (AvgIpc) is 2.36. The van der Waals surface area contributed by atoms with Gasteiger partial charge in [0.25, 0.3) is 0 Å². The Labute approximate surface area is 117 Å². The number of ether oxygens (including phenoxy) is 1. The fourth-order valence-corrected chi connectivity index (χ4v) is 2.43. The molecular formula is C16H17F2NO. The predicted octanol–water partition coefficient (Wildman–Crippen LogP) is 3.64. The number of benzene rings is 2. The van der Waals surface area contributed by atoms with E-state index in [-0.39, 0.29) is 0 Å². The number of aryl methyl sites for hydroxylation is 2. The molecule has 0 aliphatic heterocycles. The molecule has 2 nitrogen and oxygen atoms in total. The van der Waals surface area contributed by atoms with E-state index < -0.39 is 17.7 Å². The summed E-state index contributed by atoms with van der Waals surface area (Å²) in [4.78, 5) is 0. The van der Waals surface area contributed by atoms with Gasteiger partial charge in [-0.3, -0.25) is 0 Å². The quantitative estimate of drug-likeness (QED) is 0.929. The van der Waals surface area contributed by atoms with Gasteiger partial charge in [-0.05, 0) is 48.2 Å². The lowest BCUT2D eigenvalue weighted by Crippen LogP contribution is -2.13. The molecule has 0 spiro atoms. The van der Waals surface area contributed by atoms with Crippen LogP contribution in [0.3, 0.4) is 0 Å². The number of methoxy groups -OCH3 is 1. The molecule has 2 rings (SSSR count). The zero-order valence-electron chi connectivity index (χ0n) is 11.7. The van der Waals surface area contributed by atoms with Gasteiger partial charge in [-0.15, -0.1) is 0 Å². The molecule has 2 N–H and O–H groups in total. The van der Waals surface area contributed by atoms with E-state index >= 15 is 0 Å². The maximum atomic E-state index is 13.3. The molecule has 106 valence electrons. The summed E-state index contributed by atoms with van der Waals surface area (Å²) in [6, 6.07) is 6.51. The minimum atomic E-state index is -0.627. The normalized spacial score (nSPS) is 12.3. The van der Waals surface area contributed by atoms with Gasteiger partial charge in [-0.1, -0.05) is 12.1 Å². The van der Waals surface area contributed by atoms with Crippen LogP contribution in [0, 0.1) is 25.5 Å². The van der Waals surface area contributed by atoms with Gasteiger partial charge in [0.05, 0.1) is 13.2 Å². The van der Waals surface area contributed by atoms with Crippen LogP contribution >= 0.6 is 0 Å². The second-order valence-corrected chi connectivity index (χ2v) is 4.87. The first-order chi connectivity index (χ1) is 9.42. The molecule has 0 aromatic heterocycles. The summed E-state index contributed by atoms with van der Waals surface area (Å²) in [5, 5.41) is 0. The zero-order valence-corrected chi connectivity index (χ0v) is 11.7. The van der Waals surface area contributed by atoms with Crippen molar-refractivity contribution in [3.8, 4) is 5.75 Å². The highest BCUT2D eigenvalue weighted by molar-refractivity contribution is 5.46. The molecule has 20 heavy (non-hydrogen) atoms. The maximum Gasteiger partial charge on any atom is 0.126 e. The molecule has 0 heterocycles. The third-order valence-corrected chi connectivity index (χ3v) is 3.29. The van der Waals surface area contributed by atoms with Gasteiger partial charge in [-0.2, -0.15) is 0 Å². The van der Waals surface area contributed by atoms with E-state index in [1.54, 1.807) is 7.11 Å². The van der Waals surface area contributed by atoms with Gasteiger partial charge in [0.1, 0.15) is 17.4 Å². The van der Waals surface area contributed by atoms with Crippen molar-refractivity contribution in [1.29, 1.82) is 0 Å². The van der Waals surface area contributed by atoms with Crippen molar-refractivity contribution in [3.05, 3.63) is 64.2 Å². The minimum Gasteiger partial charge on any atom is -0.496 e. The highest BCUT2D eigenvalue weighted by Gasteiger charge is 2.14. The average molecular weight is 277 g/mol. The Bertz CT molecular complexity index is 597. The number of rotatable bonds is 3. The van der Waals surface area contributed by atoms with E-state index in [9.17, 15) is 8.78 Å². The highest BCUT2D eigenvalue weighted by Crippen LogP contribution is 2.29. The summed E-state index contributed by atoms with van der Waals surface area (Å²) in [5.41, 5.74) is 9.19. The summed E-state index contributed by atoms with van der Waals surface area (Å²) in [5.74, 6) is -0.457. The molecule has 1 atom stereocenters. The van der Waals surface area contributed by atoms with Crippen molar-refractivity contribution in [2.24, 2.45) is 5.73 Å². The van der Waals surface area contributed by atoms with Crippen LogP contribution in [0.25, 0.3) is 0 Å². The first-order valence-corrected chi connectivity index (χ1v) is 6.29. The fourth-order valence-electron chi connectivity index (χ4n) is 2.43. The number of nitrogens with two attached hydrogens (primary N) is 1. The SMILES string of the molecule is COc1c(C)cc(C(N)c2cc(F)cc(F)c2)cc1C. The molecule has 0 aliphatic carbocycles. The summed E-state index contributed by atoms with van der Waals surface area (Å²) >= 11 is 0. The summed E-state index contributed by atoms with van der Waals surface area (Å²) in [7, 11) is 1.61. The minimum absolute atomic E-state index is 0.409. The van der Waals surface area contributed by atoms with E-state index in [4.69, 9.17) is 10.5 Å². The van der Waals surface area contributed by atoms with Gasteiger partial charge in [-0.25, -0.2) is 8.78 Å². The van der Waals surface area contributed by atoms with Crippen LogP contribution in [0.15, 0.2) is 30.3 Å². The van der Waals surface area contributed by atoms with E-state index in [0.29, 0.717) is 5.56 Å². The van der Waals surface area contributed by atoms with Gasteiger partial charge in [0.2, 0.25) is 0 Å². The highest BCUT2D eigenvalue weighted by atomic mass is 19.1. The van der Waals surface area contributed by atoms with Gasteiger partial charge in [0.15, 0.2) is 0 Å². The number of halogens is 2. The van der Waals surface area contributed by atoms with Crippen LogP contribution in [-0.2, 0) is 0 Å². The van der Waals surface area contributed by atoms with E-state index in [0.717, 1.165) is 28.5 Å². The Hall–Kier alpha value is -1.94. The smallest absolute Gasteiger partial charge is 0.126 e. The first kappa shape index (κ1) is 14.5. The van der Waals surface area contributed by atoms with Gasteiger partial charge >= 0.3 is 0 Å². The lowest BCUT2D eigenvalue weighted by atomic mass is 9.95. The van der Waals surface area contributed by atoms with Crippen molar-refractivity contribution in [2.75, 3.05) is 7.11 Å². The third-order valence-electron chi connectivity index (χ3n) is 3.29. The van der Waals surface area contributed by atoms with Crippen LogP contribution < -0.4 is 10.5 Å². The zero-order chi connectivity index (χ0) is 14.9. The molecule has 0 aliphatic rings.